The first kappa shape index (κ1) is 21.1. The zero-order chi connectivity index (χ0) is 22.1. The lowest BCUT2D eigenvalue weighted by atomic mass is 9.90. The Hall–Kier alpha value is -2.73. The van der Waals surface area contributed by atoms with E-state index in [4.69, 9.17) is 17.2 Å². The zero-order valence-corrected chi connectivity index (χ0v) is 19.7. The molecule has 0 amide bonds. The van der Waals surface area contributed by atoms with Crippen LogP contribution in [-0.4, -0.2) is 30.6 Å². The van der Waals surface area contributed by atoms with Crippen molar-refractivity contribution in [3.8, 4) is 0 Å². The largest absolute Gasteiger partial charge is 0.352 e. The van der Waals surface area contributed by atoms with E-state index in [1.165, 1.54) is 54.6 Å². The molecule has 1 N–H and O–H groups in total. The Labute approximate surface area is 195 Å². The van der Waals surface area contributed by atoms with Gasteiger partial charge < -0.3 is 14.8 Å². The molecule has 2 aliphatic rings. The van der Waals surface area contributed by atoms with Gasteiger partial charge in [-0.1, -0.05) is 31.4 Å². The van der Waals surface area contributed by atoms with E-state index in [-0.39, 0.29) is 12.1 Å². The molecule has 0 bridgehead atoms. The monoisotopic (exact) mass is 445 g/mol. The van der Waals surface area contributed by atoms with Crippen molar-refractivity contribution in [3.05, 3.63) is 83.2 Å². The van der Waals surface area contributed by atoms with Gasteiger partial charge in [0.1, 0.15) is 0 Å². The van der Waals surface area contributed by atoms with Gasteiger partial charge in [0.2, 0.25) is 0 Å². The fourth-order valence-corrected chi connectivity index (χ4v) is 5.88. The molecule has 0 unspecified atom stereocenters. The average molecular weight is 446 g/mol. The molecule has 0 spiro atoms. The summed E-state index contributed by atoms with van der Waals surface area (Å²) in [7, 11) is 0. The summed E-state index contributed by atoms with van der Waals surface area (Å²) in [4.78, 5) is 11.5. The van der Waals surface area contributed by atoms with Crippen molar-refractivity contribution in [2.24, 2.45) is 0 Å². The molecule has 0 aromatic carbocycles. The van der Waals surface area contributed by atoms with Crippen molar-refractivity contribution in [1.82, 2.24) is 24.8 Å². The number of nitrogens with one attached hydrogen (secondary N) is 1. The Balaban J connectivity index is 1.56. The highest BCUT2D eigenvalue weighted by molar-refractivity contribution is 7.80. The Morgan fingerprint density at radius 2 is 1.91 bits per heavy atom. The number of aromatic nitrogens is 3. The second kappa shape index (κ2) is 9.02. The van der Waals surface area contributed by atoms with E-state index >= 15 is 0 Å². The molecule has 4 heterocycles. The van der Waals surface area contributed by atoms with Crippen molar-refractivity contribution in [1.29, 1.82) is 0 Å². The van der Waals surface area contributed by atoms with E-state index < -0.39 is 0 Å². The molecular formula is C26H31N5S. The lowest BCUT2D eigenvalue weighted by Crippen LogP contribution is -2.40. The van der Waals surface area contributed by atoms with Crippen LogP contribution in [0.25, 0.3) is 0 Å². The minimum atomic E-state index is 0.0537. The van der Waals surface area contributed by atoms with E-state index in [9.17, 15) is 0 Å². The first-order valence-electron chi connectivity index (χ1n) is 11.7. The van der Waals surface area contributed by atoms with Gasteiger partial charge in [0.15, 0.2) is 5.11 Å². The van der Waals surface area contributed by atoms with Gasteiger partial charge in [-0.3, -0.25) is 9.97 Å². The SMILES string of the molecule is Cc1cc([C@@H]2[C@@H](c3ccccn3)NC(=S)N2C2CCCCC2)c(C)n1Cc1cccnc1. The van der Waals surface area contributed by atoms with Crippen LogP contribution in [0.15, 0.2) is 55.0 Å². The van der Waals surface area contributed by atoms with Crippen LogP contribution in [0, 0.1) is 13.8 Å². The topological polar surface area (TPSA) is 46.0 Å². The third-order valence-corrected chi connectivity index (χ3v) is 7.43. The molecule has 166 valence electrons. The highest BCUT2D eigenvalue weighted by Gasteiger charge is 2.44. The number of rotatable bonds is 5. The first-order valence-corrected chi connectivity index (χ1v) is 12.1. The molecule has 1 aliphatic carbocycles. The van der Waals surface area contributed by atoms with Crippen LogP contribution in [0.2, 0.25) is 0 Å². The minimum absolute atomic E-state index is 0.0537. The zero-order valence-electron chi connectivity index (χ0n) is 18.9. The molecule has 1 aliphatic heterocycles. The van der Waals surface area contributed by atoms with Gasteiger partial charge in [0.05, 0.1) is 17.8 Å². The molecule has 6 heteroatoms. The van der Waals surface area contributed by atoms with Gasteiger partial charge in [-0.05, 0) is 74.3 Å². The highest BCUT2D eigenvalue weighted by atomic mass is 32.1. The summed E-state index contributed by atoms with van der Waals surface area (Å²) in [6.07, 6.45) is 12.0. The average Bonchev–Trinajstić information content (AvgIpc) is 3.32. The normalized spacial score (nSPS) is 21.7. The molecule has 3 aromatic rings. The summed E-state index contributed by atoms with van der Waals surface area (Å²) in [5.74, 6) is 0. The van der Waals surface area contributed by atoms with Gasteiger partial charge in [0, 0.05) is 42.6 Å². The predicted octanol–water partition coefficient (Wildman–Crippen LogP) is 5.25. The maximum atomic E-state index is 5.94. The van der Waals surface area contributed by atoms with Crippen LogP contribution in [0.3, 0.4) is 0 Å². The summed E-state index contributed by atoms with van der Waals surface area (Å²) in [6, 6.07) is 13.4. The first-order chi connectivity index (χ1) is 15.6. The molecule has 0 radical (unpaired) electrons. The van der Waals surface area contributed by atoms with E-state index in [1.807, 2.05) is 30.7 Å². The molecule has 3 aromatic heterocycles. The summed E-state index contributed by atoms with van der Waals surface area (Å²) < 4.78 is 2.41. The molecule has 5 rings (SSSR count). The number of pyridine rings is 2. The summed E-state index contributed by atoms with van der Waals surface area (Å²) in [5.41, 5.74) is 6.17. The van der Waals surface area contributed by atoms with Gasteiger partial charge in [-0.25, -0.2) is 0 Å². The summed E-state index contributed by atoms with van der Waals surface area (Å²) in [6.45, 7) is 5.27. The summed E-state index contributed by atoms with van der Waals surface area (Å²) >= 11 is 5.94. The van der Waals surface area contributed by atoms with E-state index in [0.717, 1.165) is 17.4 Å². The van der Waals surface area contributed by atoms with Gasteiger partial charge in [-0.2, -0.15) is 0 Å². The Kier molecular flexibility index (Phi) is 5.96. The number of hydrogen-bond acceptors (Lipinski definition) is 3. The van der Waals surface area contributed by atoms with Crippen LogP contribution < -0.4 is 5.32 Å². The van der Waals surface area contributed by atoms with E-state index in [0.29, 0.717) is 6.04 Å². The van der Waals surface area contributed by atoms with Gasteiger partial charge in [-0.15, -0.1) is 0 Å². The predicted molar refractivity (Wildman–Crippen MR) is 131 cm³/mol. The van der Waals surface area contributed by atoms with Crippen molar-refractivity contribution in [2.45, 2.75) is 70.6 Å². The van der Waals surface area contributed by atoms with Gasteiger partial charge in [0.25, 0.3) is 0 Å². The second-order valence-corrected chi connectivity index (χ2v) is 9.49. The lowest BCUT2D eigenvalue weighted by molar-refractivity contribution is 0.196. The Morgan fingerprint density at radius 3 is 2.62 bits per heavy atom. The molecule has 2 atom stereocenters. The lowest BCUT2D eigenvalue weighted by Gasteiger charge is -2.37. The fraction of sp³-hybridized carbons (Fsp3) is 0.423. The Morgan fingerprint density at radius 1 is 1.06 bits per heavy atom. The third-order valence-electron chi connectivity index (χ3n) is 7.10. The molecule has 1 saturated carbocycles. The smallest absolute Gasteiger partial charge is 0.170 e. The molecule has 5 nitrogen and oxygen atoms in total. The molecule has 1 saturated heterocycles. The van der Waals surface area contributed by atoms with Crippen LogP contribution in [0.1, 0.15) is 72.4 Å². The number of thiocarbonyl (C=S) groups is 1. The van der Waals surface area contributed by atoms with Crippen molar-refractivity contribution >= 4 is 17.3 Å². The van der Waals surface area contributed by atoms with Crippen LogP contribution in [0.4, 0.5) is 0 Å². The highest BCUT2D eigenvalue weighted by Crippen LogP contribution is 2.44. The molecule has 32 heavy (non-hydrogen) atoms. The molecular weight excluding hydrogens is 414 g/mol. The minimum Gasteiger partial charge on any atom is -0.352 e. The number of hydrogen-bond donors (Lipinski definition) is 1. The summed E-state index contributed by atoms with van der Waals surface area (Å²) in [5, 5.41) is 4.52. The van der Waals surface area contributed by atoms with Crippen LogP contribution in [-0.2, 0) is 6.54 Å². The fourth-order valence-electron chi connectivity index (χ4n) is 5.50. The van der Waals surface area contributed by atoms with Crippen LogP contribution in [0.5, 0.6) is 0 Å². The van der Waals surface area contributed by atoms with Crippen molar-refractivity contribution in [2.75, 3.05) is 0 Å². The standard InChI is InChI=1S/C26H31N5S/c1-18-15-22(19(2)30(18)17-20-9-8-13-27-16-20)25-24(23-12-6-7-14-28-23)29-26(32)31(25)21-10-4-3-5-11-21/h6-9,12-16,21,24-25H,3-5,10-11,17H2,1-2H3,(H,29,32)/t24-,25-/m1/s1. The van der Waals surface area contributed by atoms with Crippen LogP contribution >= 0.6 is 12.2 Å². The Bertz CT molecular complexity index is 1070. The van der Waals surface area contributed by atoms with E-state index in [1.54, 1.807) is 0 Å². The number of nitrogens with zero attached hydrogens (tertiary/aromatic N) is 4. The maximum Gasteiger partial charge on any atom is 0.170 e. The van der Waals surface area contributed by atoms with Crippen molar-refractivity contribution in [3.63, 3.8) is 0 Å². The van der Waals surface area contributed by atoms with E-state index in [2.05, 4.69) is 57.9 Å². The quantitative estimate of drug-likeness (QED) is 0.544. The maximum absolute atomic E-state index is 5.94. The number of aryl methyl sites for hydroxylation is 1. The van der Waals surface area contributed by atoms with Gasteiger partial charge >= 0.3 is 0 Å². The molecule has 2 fully saturated rings. The second-order valence-electron chi connectivity index (χ2n) is 9.10. The van der Waals surface area contributed by atoms with Crippen molar-refractivity contribution < 1.29 is 0 Å². The third kappa shape index (κ3) is 3.92.